The molecule has 0 saturated heterocycles. The van der Waals surface area contributed by atoms with Crippen LogP contribution in [0.25, 0.3) is 5.65 Å². The number of imidazole rings is 1. The first-order valence-corrected chi connectivity index (χ1v) is 8.60. The van der Waals surface area contributed by atoms with Gasteiger partial charge >= 0.3 is 0 Å². The molecule has 5 heteroatoms. The first-order chi connectivity index (χ1) is 11.0. The molecule has 1 N–H and O–H groups in total. The second-order valence-corrected chi connectivity index (χ2v) is 7.61. The van der Waals surface area contributed by atoms with E-state index in [0.717, 1.165) is 11.4 Å². The lowest BCUT2D eigenvalue weighted by molar-refractivity contribution is -0.0366. The Morgan fingerprint density at radius 3 is 2.78 bits per heavy atom. The summed E-state index contributed by atoms with van der Waals surface area (Å²) in [7, 11) is 0. The van der Waals surface area contributed by atoms with Crippen molar-refractivity contribution in [3.05, 3.63) is 29.5 Å². The first kappa shape index (κ1) is 14.7. The Balaban J connectivity index is 1.49. The van der Waals surface area contributed by atoms with Gasteiger partial charge in [-0.25, -0.2) is 9.97 Å². The second-order valence-electron chi connectivity index (χ2n) is 7.61. The number of aromatic nitrogens is 3. The summed E-state index contributed by atoms with van der Waals surface area (Å²) >= 11 is 0. The highest BCUT2D eigenvalue weighted by Crippen LogP contribution is 2.59. The fourth-order valence-electron chi connectivity index (χ4n) is 4.32. The highest BCUT2D eigenvalue weighted by atomic mass is 16.2. The van der Waals surface area contributed by atoms with Crippen molar-refractivity contribution < 1.29 is 4.79 Å². The summed E-state index contributed by atoms with van der Waals surface area (Å²) < 4.78 is 1.87. The Kier molecular flexibility index (Phi) is 3.22. The maximum Gasteiger partial charge on any atom is 0.274 e. The van der Waals surface area contributed by atoms with E-state index >= 15 is 0 Å². The number of fused-ring (bicyclic) bond motifs is 1. The summed E-state index contributed by atoms with van der Waals surface area (Å²) in [5.41, 5.74) is 3.67. The van der Waals surface area contributed by atoms with Gasteiger partial charge in [-0.15, -0.1) is 0 Å². The van der Waals surface area contributed by atoms with E-state index in [2.05, 4.69) is 22.2 Å². The summed E-state index contributed by atoms with van der Waals surface area (Å²) in [5, 5.41) is 3.15. The van der Waals surface area contributed by atoms with Crippen LogP contribution in [-0.4, -0.2) is 26.3 Å². The Hall–Kier alpha value is -1.91. The molecule has 2 aliphatic carbocycles. The van der Waals surface area contributed by atoms with Crippen molar-refractivity contribution in [1.82, 2.24) is 19.7 Å². The topological polar surface area (TPSA) is 59.3 Å². The van der Waals surface area contributed by atoms with Gasteiger partial charge in [0, 0.05) is 17.4 Å². The third-order valence-electron chi connectivity index (χ3n) is 5.91. The third-order valence-corrected chi connectivity index (χ3v) is 5.91. The molecule has 1 spiro atoms. The van der Waals surface area contributed by atoms with Crippen LogP contribution in [0.3, 0.4) is 0 Å². The molecule has 1 unspecified atom stereocenters. The normalized spacial score (nSPS) is 21.0. The number of carbonyl (C=O) groups is 1. The first-order valence-electron chi connectivity index (χ1n) is 8.60. The van der Waals surface area contributed by atoms with Gasteiger partial charge in [-0.1, -0.05) is 6.42 Å². The minimum Gasteiger partial charge on any atom is -0.348 e. The highest BCUT2D eigenvalue weighted by Gasteiger charge is 2.49. The summed E-state index contributed by atoms with van der Waals surface area (Å²) in [6.07, 6.45) is 8.39. The molecule has 1 amide bonds. The van der Waals surface area contributed by atoms with Crippen molar-refractivity contribution in [2.45, 2.75) is 58.9 Å². The van der Waals surface area contributed by atoms with Gasteiger partial charge in [-0.3, -0.25) is 9.20 Å². The predicted octanol–water partition coefficient (Wildman–Crippen LogP) is 3.04. The molecule has 1 atom stereocenters. The highest BCUT2D eigenvalue weighted by molar-refractivity contribution is 5.98. The smallest absolute Gasteiger partial charge is 0.274 e. The van der Waals surface area contributed by atoms with Crippen LogP contribution in [0.15, 0.2) is 12.4 Å². The SMILES string of the molecule is Cc1cc(C)n2cnc(C(=O)NC(C)C3CC4(CCC4)C3)c2n1. The van der Waals surface area contributed by atoms with Crippen LogP contribution in [0.4, 0.5) is 0 Å². The maximum absolute atomic E-state index is 12.6. The van der Waals surface area contributed by atoms with E-state index in [9.17, 15) is 4.79 Å². The molecule has 2 aliphatic rings. The molecule has 2 aromatic heterocycles. The molecule has 0 aliphatic heterocycles. The van der Waals surface area contributed by atoms with Gasteiger partial charge < -0.3 is 5.32 Å². The lowest BCUT2D eigenvalue weighted by Crippen LogP contribution is -2.51. The minimum atomic E-state index is -0.105. The average molecular weight is 312 g/mol. The van der Waals surface area contributed by atoms with Crippen LogP contribution in [0.2, 0.25) is 0 Å². The molecule has 5 nitrogen and oxygen atoms in total. The molecule has 2 saturated carbocycles. The number of aryl methyl sites for hydroxylation is 2. The van der Waals surface area contributed by atoms with Gasteiger partial charge in [0.2, 0.25) is 0 Å². The fourth-order valence-corrected chi connectivity index (χ4v) is 4.32. The van der Waals surface area contributed by atoms with Gasteiger partial charge in [0.15, 0.2) is 11.3 Å². The standard InChI is InChI=1S/C18H24N4O/c1-11-7-12(2)22-10-19-15(16(22)20-11)17(23)21-13(3)14-8-18(9-14)5-4-6-18/h7,10,13-14H,4-6,8-9H2,1-3H3,(H,21,23). The number of nitrogens with zero attached hydrogens (tertiary/aromatic N) is 3. The molecule has 122 valence electrons. The zero-order valence-electron chi connectivity index (χ0n) is 14.1. The van der Waals surface area contributed by atoms with Gasteiger partial charge in [-0.05, 0) is 63.9 Å². The Morgan fingerprint density at radius 1 is 1.39 bits per heavy atom. The van der Waals surface area contributed by atoms with Gasteiger partial charge in [0.25, 0.3) is 5.91 Å². The maximum atomic E-state index is 12.6. The predicted molar refractivity (Wildman–Crippen MR) is 88.4 cm³/mol. The van der Waals surface area contributed by atoms with Gasteiger partial charge in [0.1, 0.15) is 6.33 Å². The Bertz CT molecular complexity index is 767. The van der Waals surface area contributed by atoms with Crippen molar-refractivity contribution in [3.8, 4) is 0 Å². The van der Waals surface area contributed by atoms with Crippen molar-refractivity contribution >= 4 is 11.6 Å². The van der Waals surface area contributed by atoms with Crippen LogP contribution in [0.1, 0.15) is 60.9 Å². The van der Waals surface area contributed by atoms with Crippen LogP contribution in [0.5, 0.6) is 0 Å². The molecule has 0 aromatic carbocycles. The van der Waals surface area contributed by atoms with Gasteiger partial charge in [-0.2, -0.15) is 0 Å². The Labute approximate surface area is 136 Å². The van der Waals surface area contributed by atoms with E-state index in [1.54, 1.807) is 6.33 Å². The van der Waals surface area contributed by atoms with Crippen molar-refractivity contribution in [1.29, 1.82) is 0 Å². The summed E-state index contributed by atoms with van der Waals surface area (Å²) in [4.78, 5) is 21.4. The molecule has 2 fully saturated rings. The molecule has 2 heterocycles. The summed E-state index contributed by atoms with van der Waals surface area (Å²) in [6, 6.07) is 2.20. The molecular weight excluding hydrogens is 288 g/mol. The third kappa shape index (κ3) is 2.33. The number of amides is 1. The van der Waals surface area contributed by atoms with E-state index in [-0.39, 0.29) is 11.9 Å². The van der Waals surface area contributed by atoms with E-state index in [1.165, 1.54) is 32.1 Å². The quantitative estimate of drug-likeness (QED) is 0.947. The average Bonchev–Trinajstić information content (AvgIpc) is 2.79. The van der Waals surface area contributed by atoms with E-state index in [1.807, 2.05) is 24.3 Å². The summed E-state index contributed by atoms with van der Waals surface area (Å²) in [6.45, 7) is 6.06. The fraction of sp³-hybridized carbons (Fsp3) is 0.611. The van der Waals surface area contributed by atoms with Crippen LogP contribution >= 0.6 is 0 Å². The number of nitrogens with one attached hydrogen (secondary N) is 1. The number of hydrogen-bond donors (Lipinski definition) is 1. The minimum absolute atomic E-state index is 0.105. The molecular formula is C18H24N4O. The van der Waals surface area contributed by atoms with E-state index in [0.29, 0.717) is 22.7 Å². The number of carbonyl (C=O) groups excluding carboxylic acids is 1. The summed E-state index contributed by atoms with van der Waals surface area (Å²) in [5.74, 6) is 0.511. The molecule has 0 radical (unpaired) electrons. The molecule has 4 rings (SSSR count). The number of hydrogen-bond acceptors (Lipinski definition) is 3. The lowest BCUT2D eigenvalue weighted by Gasteiger charge is -2.56. The van der Waals surface area contributed by atoms with E-state index in [4.69, 9.17) is 0 Å². The zero-order chi connectivity index (χ0) is 16.2. The zero-order valence-corrected chi connectivity index (χ0v) is 14.1. The molecule has 23 heavy (non-hydrogen) atoms. The molecule has 2 aromatic rings. The largest absolute Gasteiger partial charge is 0.348 e. The monoisotopic (exact) mass is 312 g/mol. The van der Waals surface area contributed by atoms with Gasteiger partial charge in [0.05, 0.1) is 0 Å². The van der Waals surface area contributed by atoms with Crippen molar-refractivity contribution in [3.63, 3.8) is 0 Å². The van der Waals surface area contributed by atoms with Crippen LogP contribution in [-0.2, 0) is 0 Å². The second kappa shape index (κ2) is 5.05. The molecule has 0 bridgehead atoms. The van der Waals surface area contributed by atoms with Crippen LogP contribution < -0.4 is 5.32 Å². The van der Waals surface area contributed by atoms with Crippen molar-refractivity contribution in [2.75, 3.05) is 0 Å². The number of rotatable bonds is 3. The lowest BCUT2D eigenvalue weighted by atomic mass is 9.50. The van der Waals surface area contributed by atoms with Crippen molar-refractivity contribution in [2.24, 2.45) is 11.3 Å². The van der Waals surface area contributed by atoms with E-state index < -0.39 is 0 Å². The Morgan fingerprint density at radius 2 is 2.13 bits per heavy atom. The van der Waals surface area contributed by atoms with Crippen LogP contribution in [0, 0.1) is 25.2 Å².